The first-order valence-electron chi connectivity index (χ1n) is 12.7. The second-order valence-electron chi connectivity index (χ2n) is 9.47. The molecule has 0 radical (unpaired) electrons. The number of halogens is 6. The van der Waals surface area contributed by atoms with E-state index in [1.165, 1.54) is 48.7 Å². The molecule has 0 saturated carbocycles. The summed E-state index contributed by atoms with van der Waals surface area (Å²) in [5, 5.41) is 6.51. The molecular weight excluding hydrogens is 558 g/mol. The third-order valence-electron chi connectivity index (χ3n) is 6.71. The largest absolute Gasteiger partial charge is 0.434 e. The average Bonchev–Trinajstić information content (AvgIpc) is 3.45. The topological polar surface area (TPSA) is 59.8 Å². The van der Waals surface area contributed by atoms with Crippen molar-refractivity contribution in [3.05, 3.63) is 149 Å². The van der Waals surface area contributed by atoms with E-state index < -0.39 is 40.6 Å². The molecule has 0 saturated heterocycles. The van der Waals surface area contributed by atoms with Gasteiger partial charge in [-0.15, -0.1) is 0 Å². The van der Waals surface area contributed by atoms with Gasteiger partial charge in [-0.25, -0.2) is 4.68 Å². The maximum atomic E-state index is 14.4. The van der Waals surface area contributed by atoms with Crippen molar-refractivity contribution < 1.29 is 31.1 Å². The van der Waals surface area contributed by atoms with Crippen molar-refractivity contribution in [3.63, 3.8) is 0 Å². The zero-order valence-electron chi connectivity index (χ0n) is 21.7. The van der Waals surface area contributed by atoms with Gasteiger partial charge in [-0.1, -0.05) is 66.7 Å². The molecule has 0 fully saturated rings. The molecule has 2 heterocycles. The number of hydrogen-bond acceptors (Lipinski definition) is 3. The molecule has 0 spiro atoms. The highest BCUT2D eigenvalue weighted by atomic mass is 19.4. The quantitative estimate of drug-likeness (QED) is 0.207. The Kier molecular flexibility index (Phi) is 7.59. The Balaban J connectivity index is 1.72. The van der Waals surface area contributed by atoms with Gasteiger partial charge in [-0.05, 0) is 47.5 Å². The van der Waals surface area contributed by atoms with Crippen LogP contribution < -0.4 is 5.32 Å². The Morgan fingerprint density at radius 3 is 2.00 bits per heavy atom. The lowest BCUT2D eigenvalue weighted by Crippen LogP contribution is -2.49. The number of aromatic nitrogens is 3. The van der Waals surface area contributed by atoms with Crippen molar-refractivity contribution in [2.24, 2.45) is 0 Å². The van der Waals surface area contributed by atoms with Crippen LogP contribution in [-0.4, -0.2) is 20.7 Å². The molecule has 0 aliphatic rings. The molecule has 1 unspecified atom stereocenters. The summed E-state index contributed by atoms with van der Waals surface area (Å²) < 4.78 is 85.3. The fraction of sp³-hybridized carbons (Fsp3) is 0.129. The minimum Gasteiger partial charge on any atom is -0.336 e. The van der Waals surface area contributed by atoms with Crippen LogP contribution in [0.3, 0.4) is 0 Å². The SMILES string of the molecule is O=C(NC(Cc1ccccc1)(c1cccc(C(F)(F)F)c1)c1ccccn1)c1cnn(-c2ccccc2)c1C(F)(F)F. The first-order valence-corrected chi connectivity index (χ1v) is 12.7. The smallest absolute Gasteiger partial charge is 0.336 e. The van der Waals surface area contributed by atoms with Gasteiger partial charge in [0.1, 0.15) is 5.54 Å². The Labute approximate surface area is 236 Å². The zero-order chi connectivity index (χ0) is 30.0. The van der Waals surface area contributed by atoms with Crippen LogP contribution in [0.4, 0.5) is 26.3 Å². The highest BCUT2D eigenvalue weighted by molar-refractivity contribution is 5.96. The van der Waals surface area contributed by atoms with Crippen molar-refractivity contribution in [1.82, 2.24) is 20.1 Å². The van der Waals surface area contributed by atoms with Crippen LogP contribution in [0.25, 0.3) is 5.69 Å². The molecule has 0 bridgehead atoms. The first-order chi connectivity index (χ1) is 20.0. The number of nitrogens with zero attached hydrogens (tertiary/aromatic N) is 3. The monoisotopic (exact) mass is 580 g/mol. The van der Waals surface area contributed by atoms with E-state index in [0.29, 0.717) is 10.2 Å². The summed E-state index contributed by atoms with van der Waals surface area (Å²) in [6, 6.07) is 25.0. The number of carbonyl (C=O) groups excluding carboxylic acids is 1. The lowest BCUT2D eigenvalue weighted by molar-refractivity contribution is -0.143. The van der Waals surface area contributed by atoms with Crippen LogP contribution in [0.2, 0.25) is 0 Å². The molecular formula is C31H22F6N4O. The number of pyridine rings is 1. The molecule has 5 nitrogen and oxygen atoms in total. The van der Waals surface area contributed by atoms with Crippen LogP contribution in [0.1, 0.15) is 38.4 Å². The first kappa shape index (κ1) is 28.6. The molecule has 1 atom stereocenters. The number of para-hydroxylation sites is 1. The fourth-order valence-electron chi connectivity index (χ4n) is 4.81. The van der Waals surface area contributed by atoms with Crippen LogP contribution in [0.15, 0.2) is 116 Å². The van der Waals surface area contributed by atoms with Gasteiger partial charge in [-0.3, -0.25) is 9.78 Å². The van der Waals surface area contributed by atoms with Crippen molar-refractivity contribution in [1.29, 1.82) is 0 Å². The second-order valence-corrected chi connectivity index (χ2v) is 9.47. The number of hydrogen-bond donors (Lipinski definition) is 1. The van der Waals surface area contributed by atoms with Gasteiger partial charge in [0.15, 0.2) is 5.69 Å². The molecule has 3 aromatic carbocycles. The van der Waals surface area contributed by atoms with Crippen molar-refractivity contribution in [2.45, 2.75) is 24.3 Å². The molecule has 0 aliphatic heterocycles. The third kappa shape index (κ3) is 5.76. The van der Waals surface area contributed by atoms with E-state index >= 15 is 0 Å². The highest BCUT2D eigenvalue weighted by Crippen LogP contribution is 2.38. The molecule has 5 rings (SSSR count). The minimum absolute atomic E-state index is 0.0164. The van der Waals surface area contributed by atoms with Gasteiger partial charge in [-0.2, -0.15) is 31.4 Å². The maximum absolute atomic E-state index is 14.4. The Morgan fingerprint density at radius 1 is 0.738 bits per heavy atom. The van der Waals surface area contributed by atoms with E-state index in [1.807, 2.05) is 0 Å². The standard InChI is InChI=1S/C31H22F6N4O/c32-30(33,34)23-13-9-12-22(18-23)29(26-16-7-8-17-38-26,19-21-10-3-1-4-11-21)40-28(42)25-20-39-41(27(25)31(35,36)37)24-14-5-2-6-15-24/h1-18,20H,19H2,(H,40,42). The molecule has 0 aliphatic carbocycles. The minimum atomic E-state index is -5.00. The van der Waals surface area contributed by atoms with Crippen LogP contribution in [0, 0.1) is 0 Å². The van der Waals surface area contributed by atoms with E-state index in [9.17, 15) is 31.1 Å². The predicted molar refractivity (Wildman–Crippen MR) is 143 cm³/mol. The molecule has 5 aromatic rings. The normalized spacial score (nSPS) is 13.4. The van der Waals surface area contributed by atoms with Gasteiger partial charge in [0.25, 0.3) is 5.91 Å². The Bertz CT molecular complexity index is 1670. The number of benzene rings is 3. The van der Waals surface area contributed by atoms with Gasteiger partial charge in [0.2, 0.25) is 0 Å². The summed E-state index contributed by atoms with van der Waals surface area (Å²) in [6.45, 7) is 0. The van der Waals surface area contributed by atoms with Crippen LogP contribution in [-0.2, 0) is 24.3 Å². The number of carbonyl (C=O) groups is 1. The average molecular weight is 581 g/mol. The van der Waals surface area contributed by atoms with E-state index in [2.05, 4.69) is 15.4 Å². The van der Waals surface area contributed by atoms with E-state index in [1.54, 1.807) is 48.5 Å². The van der Waals surface area contributed by atoms with Gasteiger partial charge in [0.05, 0.1) is 28.7 Å². The summed E-state index contributed by atoms with van der Waals surface area (Å²) in [5.41, 5.74) is -4.15. The number of nitrogens with one attached hydrogen (secondary N) is 1. The second kappa shape index (κ2) is 11.2. The van der Waals surface area contributed by atoms with Crippen LogP contribution in [0.5, 0.6) is 0 Å². The maximum Gasteiger partial charge on any atom is 0.434 e. The summed E-state index contributed by atoms with van der Waals surface area (Å²) >= 11 is 0. The van der Waals surface area contributed by atoms with Crippen molar-refractivity contribution in [2.75, 3.05) is 0 Å². The zero-order valence-corrected chi connectivity index (χ0v) is 21.7. The van der Waals surface area contributed by atoms with E-state index in [0.717, 1.165) is 18.3 Å². The predicted octanol–water partition coefficient (Wildman–Crippen LogP) is 7.22. The number of alkyl halides is 6. The molecule has 11 heteroatoms. The molecule has 214 valence electrons. The number of rotatable bonds is 7. The lowest BCUT2D eigenvalue weighted by Gasteiger charge is -2.36. The Morgan fingerprint density at radius 2 is 1.38 bits per heavy atom. The third-order valence-corrected chi connectivity index (χ3v) is 6.71. The van der Waals surface area contributed by atoms with Crippen LogP contribution >= 0.6 is 0 Å². The van der Waals surface area contributed by atoms with Gasteiger partial charge >= 0.3 is 12.4 Å². The molecule has 1 amide bonds. The lowest BCUT2D eigenvalue weighted by atomic mass is 9.79. The summed E-state index contributed by atoms with van der Waals surface area (Å²) in [4.78, 5) is 18.2. The summed E-state index contributed by atoms with van der Waals surface area (Å²) in [7, 11) is 0. The van der Waals surface area contributed by atoms with Crippen molar-refractivity contribution >= 4 is 5.91 Å². The summed E-state index contributed by atoms with van der Waals surface area (Å²) in [6.07, 6.45) is -7.65. The van der Waals surface area contributed by atoms with Gasteiger partial charge in [0, 0.05) is 12.6 Å². The van der Waals surface area contributed by atoms with E-state index in [4.69, 9.17) is 0 Å². The fourth-order valence-corrected chi connectivity index (χ4v) is 4.81. The molecule has 42 heavy (non-hydrogen) atoms. The summed E-state index contributed by atoms with van der Waals surface area (Å²) in [5.74, 6) is -1.19. The number of amides is 1. The Hall–Kier alpha value is -4.93. The van der Waals surface area contributed by atoms with Gasteiger partial charge < -0.3 is 5.32 Å². The van der Waals surface area contributed by atoms with Crippen molar-refractivity contribution in [3.8, 4) is 5.69 Å². The molecule has 1 N–H and O–H groups in total. The van der Waals surface area contributed by atoms with E-state index in [-0.39, 0.29) is 23.4 Å². The molecule has 2 aromatic heterocycles. The highest BCUT2D eigenvalue weighted by Gasteiger charge is 2.44.